The van der Waals surface area contributed by atoms with Crippen molar-refractivity contribution in [1.82, 2.24) is 9.88 Å². The Hall–Kier alpha value is -1.92. The number of likely N-dealkylation sites (N-methyl/N-ethyl adjacent to an activating group) is 1. The Labute approximate surface area is 143 Å². The van der Waals surface area contributed by atoms with E-state index in [-0.39, 0.29) is 5.91 Å². The van der Waals surface area contributed by atoms with Gasteiger partial charge in [0.2, 0.25) is 6.10 Å². The van der Waals surface area contributed by atoms with E-state index in [1.165, 1.54) is 11.3 Å². The summed E-state index contributed by atoms with van der Waals surface area (Å²) in [6, 6.07) is 7.62. The Morgan fingerprint density at radius 1 is 1.48 bits per heavy atom. The second-order valence-electron chi connectivity index (χ2n) is 5.34. The molecule has 0 N–H and O–H groups in total. The summed E-state index contributed by atoms with van der Waals surface area (Å²) in [5.41, 5.74) is 1.82. The number of carbonyl (C=O) groups is 1. The normalized spacial score (nSPS) is 16.8. The van der Waals surface area contributed by atoms with Crippen LogP contribution in [0.15, 0.2) is 41.0 Å². The Bertz CT molecular complexity index is 718. The van der Waals surface area contributed by atoms with E-state index < -0.39 is 6.10 Å². The van der Waals surface area contributed by atoms with E-state index >= 15 is 0 Å². The van der Waals surface area contributed by atoms with E-state index in [0.717, 1.165) is 16.3 Å². The molecule has 1 amide bonds. The molecule has 0 bridgehead atoms. The van der Waals surface area contributed by atoms with Crippen molar-refractivity contribution >= 4 is 34.6 Å². The third-order valence-corrected chi connectivity index (χ3v) is 4.72. The van der Waals surface area contributed by atoms with Crippen LogP contribution in [0.4, 0.5) is 0 Å². The average molecular weight is 350 g/mol. The van der Waals surface area contributed by atoms with Gasteiger partial charge in [0.15, 0.2) is 0 Å². The molecule has 1 aromatic carbocycles. The van der Waals surface area contributed by atoms with Gasteiger partial charge in [-0.25, -0.2) is 4.98 Å². The van der Waals surface area contributed by atoms with Gasteiger partial charge in [-0.15, -0.1) is 11.3 Å². The first-order valence-corrected chi connectivity index (χ1v) is 8.47. The summed E-state index contributed by atoms with van der Waals surface area (Å²) < 4.78 is 0. The van der Waals surface area contributed by atoms with Gasteiger partial charge in [0.05, 0.1) is 12.3 Å². The lowest BCUT2D eigenvalue weighted by molar-refractivity contribution is -0.141. The van der Waals surface area contributed by atoms with E-state index in [1.54, 1.807) is 18.1 Å². The summed E-state index contributed by atoms with van der Waals surface area (Å²) in [7, 11) is 1.75. The average Bonchev–Trinajstić information content (AvgIpc) is 3.20. The van der Waals surface area contributed by atoms with Gasteiger partial charge in [0.1, 0.15) is 5.01 Å². The molecule has 1 aliphatic rings. The molecule has 0 unspecified atom stereocenters. The maximum atomic E-state index is 12.4. The van der Waals surface area contributed by atoms with E-state index in [9.17, 15) is 4.79 Å². The number of aromatic nitrogens is 1. The summed E-state index contributed by atoms with van der Waals surface area (Å²) in [4.78, 5) is 23.5. The van der Waals surface area contributed by atoms with Gasteiger partial charge in [0, 0.05) is 36.5 Å². The molecule has 5 nitrogen and oxygen atoms in total. The first-order chi connectivity index (χ1) is 11.1. The van der Waals surface area contributed by atoms with Crippen molar-refractivity contribution in [2.45, 2.75) is 25.5 Å². The first-order valence-electron chi connectivity index (χ1n) is 7.22. The predicted molar refractivity (Wildman–Crippen MR) is 90.7 cm³/mol. The van der Waals surface area contributed by atoms with Crippen LogP contribution in [0.2, 0.25) is 5.02 Å². The van der Waals surface area contributed by atoms with Crippen LogP contribution < -0.4 is 0 Å². The number of hydrogen-bond donors (Lipinski definition) is 0. The molecule has 23 heavy (non-hydrogen) atoms. The smallest absolute Gasteiger partial charge is 0.267 e. The van der Waals surface area contributed by atoms with Crippen LogP contribution in [0.3, 0.4) is 0 Å². The fourth-order valence-electron chi connectivity index (χ4n) is 2.38. The molecule has 1 aromatic heterocycles. The van der Waals surface area contributed by atoms with Gasteiger partial charge in [-0.05, 0) is 11.6 Å². The number of rotatable bonds is 5. The Morgan fingerprint density at radius 3 is 3.04 bits per heavy atom. The van der Waals surface area contributed by atoms with E-state index in [0.29, 0.717) is 24.4 Å². The van der Waals surface area contributed by atoms with Gasteiger partial charge in [-0.1, -0.05) is 35.0 Å². The lowest BCUT2D eigenvalue weighted by atomic mass is 10.0. The molecule has 0 aliphatic carbocycles. The maximum Gasteiger partial charge on any atom is 0.267 e. The second kappa shape index (κ2) is 7.10. The van der Waals surface area contributed by atoms with Gasteiger partial charge in [0.25, 0.3) is 5.91 Å². The zero-order chi connectivity index (χ0) is 16.2. The molecule has 0 fully saturated rings. The maximum absolute atomic E-state index is 12.4. The molecule has 3 rings (SSSR count). The number of benzene rings is 1. The van der Waals surface area contributed by atoms with Crippen molar-refractivity contribution < 1.29 is 9.63 Å². The predicted octanol–water partition coefficient (Wildman–Crippen LogP) is 3.14. The number of carbonyl (C=O) groups excluding carboxylic acids is 1. The lowest BCUT2D eigenvalue weighted by Crippen LogP contribution is -2.36. The van der Waals surface area contributed by atoms with Crippen LogP contribution in [-0.4, -0.2) is 34.7 Å². The van der Waals surface area contributed by atoms with Crippen LogP contribution in [0.5, 0.6) is 0 Å². The van der Waals surface area contributed by atoms with Crippen molar-refractivity contribution in [3.8, 4) is 0 Å². The summed E-state index contributed by atoms with van der Waals surface area (Å²) in [5.74, 6) is -0.0851. The topological polar surface area (TPSA) is 54.8 Å². The highest BCUT2D eigenvalue weighted by molar-refractivity contribution is 7.09. The van der Waals surface area contributed by atoms with Crippen molar-refractivity contribution in [1.29, 1.82) is 0 Å². The molecule has 0 saturated carbocycles. The molecule has 0 spiro atoms. The van der Waals surface area contributed by atoms with Crippen molar-refractivity contribution in [3.05, 3.63) is 51.4 Å². The number of amides is 1. The fourth-order valence-corrected chi connectivity index (χ4v) is 3.25. The van der Waals surface area contributed by atoms with Crippen LogP contribution >= 0.6 is 22.9 Å². The fraction of sp³-hybridized carbons (Fsp3) is 0.312. The standard InChI is InChI=1S/C16H16ClN3O2S/c1-20(10-15-18-6-7-23-15)16(21)14-9-12(19-22-14)8-11-4-2-3-5-13(11)17/h2-7,14H,8-10H2,1H3/t14-/m0/s1. The number of thiazole rings is 1. The van der Waals surface area contributed by atoms with Gasteiger partial charge < -0.3 is 9.74 Å². The molecule has 2 heterocycles. The number of oxime groups is 1. The SMILES string of the molecule is CN(Cc1nccs1)C(=O)[C@@H]1CC(Cc2ccccc2Cl)=NO1. The minimum absolute atomic E-state index is 0.0851. The summed E-state index contributed by atoms with van der Waals surface area (Å²) in [6.07, 6.45) is 2.26. The monoisotopic (exact) mass is 349 g/mol. The third kappa shape index (κ3) is 3.89. The molecular weight excluding hydrogens is 334 g/mol. The minimum atomic E-state index is -0.558. The minimum Gasteiger partial charge on any atom is -0.382 e. The number of hydrogen-bond acceptors (Lipinski definition) is 5. The highest BCUT2D eigenvalue weighted by Gasteiger charge is 2.30. The third-order valence-electron chi connectivity index (χ3n) is 3.59. The largest absolute Gasteiger partial charge is 0.382 e. The lowest BCUT2D eigenvalue weighted by Gasteiger charge is -2.18. The molecular formula is C16H16ClN3O2S. The highest BCUT2D eigenvalue weighted by atomic mass is 35.5. The van der Waals surface area contributed by atoms with Crippen molar-refractivity contribution in [3.63, 3.8) is 0 Å². The first kappa shape index (κ1) is 16.0. The molecule has 120 valence electrons. The second-order valence-corrected chi connectivity index (χ2v) is 6.73. The van der Waals surface area contributed by atoms with Crippen molar-refractivity contribution in [2.75, 3.05) is 7.05 Å². The molecule has 1 aliphatic heterocycles. The molecule has 0 saturated heterocycles. The Balaban J connectivity index is 1.56. The highest BCUT2D eigenvalue weighted by Crippen LogP contribution is 2.21. The summed E-state index contributed by atoms with van der Waals surface area (Å²) in [5, 5.41) is 7.54. The Morgan fingerprint density at radius 2 is 2.30 bits per heavy atom. The zero-order valence-electron chi connectivity index (χ0n) is 12.6. The van der Waals surface area contributed by atoms with Crippen LogP contribution in [0, 0.1) is 0 Å². The van der Waals surface area contributed by atoms with Crippen LogP contribution in [-0.2, 0) is 22.6 Å². The van der Waals surface area contributed by atoms with Crippen LogP contribution in [0.25, 0.3) is 0 Å². The zero-order valence-corrected chi connectivity index (χ0v) is 14.2. The molecule has 2 aromatic rings. The Kier molecular flexibility index (Phi) is 4.93. The van der Waals surface area contributed by atoms with E-state index in [4.69, 9.17) is 16.4 Å². The molecule has 0 radical (unpaired) electrons. The molecule has 1 atom stereocenters. The van der Waals surface area contributed by atoms with Crippen LogP contribution in [0.1, 0.15) is 17.0 Å². The molecule has 7 heteroatoms. The quantitative estimate of drug-likeness (QED) is 0.833. The van der Waals surface area contributed by atoms with Crippen molar-refractivity contribution in [2.24, 2.45) is 5.16 Å². The number of halogens is 1. The van der Waals surface area contributed by atoms with Gasteiger partial charge >= 0.3 is 0 Å². The van der Waals surface area contributed by atoms with E-state index in [2.05, 4.69) is 10.1 Å². The summed E-state index contributed by atoms with van der Waals surface area (Å²) >= 11 is 7.68. The number of nitrogens with zero attached hydrogens (tertiary/aromatic N) is 3. The van der Waals surface area contributed by atoms with E-state index in [1.807, 2.05) is 29.6 Å². The summed E-state index contributed by atoms with van der Waals surface area (Å²) in [6.45, 7) is 0.482. The van der Waals surface area contributed by atoms with Gasteiger partial charge in [-0.3, -0.25) is 4.79 Å². The van der Waals surface area contributed by atoms with Gasteiger partial charge in [-0.2, -0.15) is 0 Å².